The van der Waals surface area contributed by atoms with E-state index in [1.807, 2.05) is 65.3 Å². The molecule has 6 rings (SSSR count). The molecule has 3 heterocycles. The number of amides is 2. The Kier molecular flexibility index (Phi) is 9.47. The highest BCUT2D eigenvalue weighted by molar-refractivity contribution is 6.30. The van der Waals surface area contributed by atoms with Gasteiger partial charge in [0.1, 0.15) is 17.6 Å². The third-order valence-corrected chi connectivity index (χ3v) is 9.98. The first-order valence-electron chi connectivity index (χ1n) is 16.3. The molecule has 2 saturated heterocycles. The summed E-state index contributed by atoms with van der Waals surface area (Å²) in [4.78, 5) is 26.8. The van der Waals surface area contributed by atoms with Crippen LogP contribution in [0.25, 0.3) is 0 Å². The molecule has 0 N–H and O–H groups in total. The predicted molar refractivity (Wildman–Crippen MR) is 184 cm³/mol. The molecule has 0 aliphatic carbocycles. The van der Waals surface area contributed by atoms with Gasteiger partial charge in [0.15, 0.2) is 0 Å². The van der Waals surface area contributed by atoms with Crippen molar-refractivity contribution in [2.45, 2.75) is 76.9 Å². The van der Waals surface area contributed by atoms with Gasteiger partial charge in [-0.15, -0.1) is 0 Å². The van der Waals surface area contributed by atoms with Gasteiger partial charge in [0.05, 0.1) is 18.2 Å². The number of carbonyl (C=O) groups excluding carboxylic acids is 1. The van der Waals surface area contributed by atoms with Crippen LogP contribution in [0.15, 0.2) is 71.7 Å². The third-order valence-electron chi connectivity index (χ3n) is 9.48. The van der Waals surface area contributed by atoms with Crippen molar-refractivity contribution in [3.05, 3.63) is 99.0 Å². The number of hydrogen-bond donors (Lipinski definition) is 0. The largest absolute Gasteiger partial charge is 0.493 e. The molecule has 0 spiro atoms. The van der Waals surface area contributed by atoms with Gasteiger partial charge in [0.25, 0.3) is 0 Å². The van der Waals surface area contributed by atoms with E-state index in [0.717, 1.165) is 48.4 Å². The molecule has 3 aliphatic rings. The average molecular weight is 648 g/mol. The predicted octanol–water partition coefficient (Wildman–Crippen LogP) is 8.91. The summed E-state index contributed by atoms with van der Waals surface area (Å²) in [5.41, 5.74) is 3.89. The Labute approximate surface area is 278 Å². The van der Waals surface area contributed by atoms with E-state index >= 15 is 0 Å². The zero-order chi connectivity index (χ0) is 31.7. The van der Waals surface area contributed by atoms with Crippen LogP contribution in [-0.2, 0) is 5.41 Å². The molecule has 45 heavy (non-hydrogen) atoms. The number of amidine groups is 1. The van der Waals surface area contributed by atoms with Gasteiger partial charge in [-0.2, -0.15) is 0 Å². The van der Waals surface area contributed by atoms with Gasteiger partial charge in [-0.05, 0) is 104 Å². The van der Waals surface area contributed by atoms with Gasteiger partial charge in [0.2, 0.25) is 0 Å². The topological polar surface area (TPSA) is 48.4 Å². The highest BCUT2D eigenvalue weighted by atomic mass is 35.5. The maximum Gasteiger partial charge on any atom is 0.326 e. The van der Waals surface area contributed by atoms with Crippen LogP contribution >= 0.6 is 23.2 Å². The van der Waals surface area contributed by atoms with Crippen molar-refractivity contribution in [1.29, 1.82) is 0 Å². The van der Waals surface area contributed by atoms with Crippen LogP contribution in [-0.4, -0.2) is 65.4 Å². The fraction of sp³-hybridized carbons (Fsp3) is 0.459. The number of hydrogen-bond acceptors (Lipinski definition) is 4. The lowest BCUT2D eigenvalue weighted by atomic mass is 9.86. The molecule has 0 saturated carbocycles. The van der Waals surface area contributed by atoms with E-state index in [1.54, 1.807) is 0 Å². The van der Waals surface area contributed by atoms with Gasteiger partial charge < -0.3 is 14.5 Å². The SMILES string of the molecule is CCOc1cc(C(C)(C)C)ccc1C1=NC(c2ccc(Cl)cc2)C(c2ccc(Cl)cc2)N1C(=O)N1CCC(N2CCCC2)CC1. The van der Waals surface area contributed by atoms with Crippen LogP contribution in [0.1, 0.15) is 87.7 Å². The molecule has 2 fully saturated rings. The molecule has 6 nitrogen and oxygen atoms in total. The van der Waals surface area contributed by atoms with Crippen molar-refractivity contribution in [1.82, 2.24) is 14.7 Å². The summed E-state index contributed by atoms with van der Waals surface area (Å²) in [6, 6.07) is 21.7. The normalized spacial score (nSPS) is 21.3. The lowest BCUT2D eigenvalue weighted by Gasteiger charge is -2.40. The standard InChI is InChI=1S/C37H44Cl2N4O2/c1-5-45-32-24-27(37(2,3)4)12-17-31(32)35-40-33(25-8-13-28(38)14-9-25)34(26-10-15-29(39)16-11-26)43(35)36(44)42-22-18-30(19-23-42)41-20-6-7-21-41/h8-17,24,30,33-34H,5-7,18-23H2,1-4H3. The van der Waals surface area contributed by atoms with E-state index < -0.39 is 0 Å². The molecule has 3 aliphatic heterocycles. The van der Waals surface area contributed by atoms with E-state index in [4.69, 9.17) is 32.9 Å². The van der Waals surface area contributed by atoms with Crippen molar-refractivity contribution in [2.75, 3.05) is 32.8 Å². The van der Waals surface area contributed by atoms with Crippen molar-refractivity contribution in [3.63, 3.8) is 0 Å². The van der Waals surface area contributed by atoms with Crippen molar-refractivity contribution >= 4 is 35.1 Å². The Morgan fingerprint density at radius 3 is 2.04 bits per heavy atom. The molecule has 2 amide bonds. The molecule has 0 aromatic heterocycles. The number of aliphatic imine (C=N–C) groups is 1. The molecule has 238 valence electrons. The Hall–Kier alpha value is -3.06. The second-order valence-corrected chi connectivity index (χ2v) is 14.3. The smallest absolute Gasteiger partial charge is 0.326 e. The summed E-state index contributed by atoms with van der Waals surface area (Å²) < 4.78 is 6.27. The summed E-state index contributed by atoms with van der Waals surface area (Å²) in [6.07, 6.45) is 4.53. The number of halogens is 2. The van der Waals surface area contributed by atoms with Gasteiger partial charge in [-0.25, -0.2) is 4.79 Å². The quantitative estimate of drug-likeness (QED) is 0.269. The number of nitrogens with zero attached hydrogens (tertiary/aromatic N) is 4. The zero-order valence-corrected chi connectivity index (χ0v) is 28.3. The number of rotatable bonds is 6. The molecule has 2 atom stereocenters. The number of carbonyl (C=O) groups is 1. The fourth-order valence-electron chi connectivity index (χ4n) is 6.98. The van der Waals surface area contributed by atoms with Gasteiger partial charge in [0, 0.05) is 29.2 Å². The van der Waals surface area contributed by atoms with E-state index in [-0.39, 0.29) is 23.5 Å². The van der Waals surface area contributed by atoms with Crippen LogP contribution in [0, 0.1) is 0 Å². The molecule has 2 unspecified atom stereocenters. The lowest BCUT2D eigenvalue weighted by molar-refractivity contribution is 0.117. The molecule has 3 aromatic rings. The monoisotopic (exact) mass is 646 g/mol. The summed E-state index contributed by atoms with van der Waals surface area (Å²) in [7, 11) is 0. The number of urea groups is 1. The van der Waals surface area contributed by atoms with Crippen molar-refractivity contribution in [2.24, 2.45) is 4.99 Å². The minimum absolute atomic E-state index is 0.0209. The molecule has 8 heteroatoms. The summed E-state index contributed by atoms with van der Waals surface area (Å²) in [5.74, 6) is 1.37. The molecule has 3 aromatic carbocycles. The Morgan fingerprint density at radius 2 is 1.47 bits per heavy atom. The zero-order valence-electron chi connectivity index (χ0n) is 26.8. The molecule has 0 bridgehead atoms. The Morgan fingerprint density at radius 1 is 0.867 bits per heavy atom. The first-order valence-corrected chi connectivity index (χ1v) is 17.1. The number of piperidine rings is 1. The summed E-state index contributed by atoms with van der Waals surface area (Å²) in [5, 5.41) is 1.31. The van der Waals surface area contributed by atoms with Crippen molar-refractivity contribution < 1.29 is 9.53 Å². The van der Waals surface area contributed by atoms with E-state index in [9.17, 15) is 4.79 Å². The molecular formula is C37H44Cl2N4O2. The minimum atomic E-state index is -0.376. The van der Waals surface area contributed by atoms with E-state index in [2.05, 4.69) is 43.9 Å². The van der Waals surface area contributed by atoms with Gasteiger partial charge >= 0.3 is 6.03 Å². The van der Waals surface area contributed by atoms with Crippen LogP contribution in [0.5, 0.6) is 5.75 Å². The van der Waals surface area contributed by atoms with Crippen LogP contribution in [0.2, 0.25) is 10.0 Å². The summed E-state index contributed by atoms with van der Waals surface area (Å²) in [6.45, 7) is 12.9. The number of likely N-dealkylation sites (tertiary alicyclic amines) is 2. The van der Waals surface area contributed by atoms with Gasteiger partial charge in [-0.3, -0.25) is 9.89 Å². The number of ether oxygens (including phenoxy) is 1. The molecular weight excluding hydrogens is 603 g/mol. The van der Waals surface area contributed by atoms with Gasteiger partial charge in [-0.1, -0.05) is 74.3 Å². The average Bonchev–Trinajstić information content (AvgIpc) is 3.71. The Bertz CT molecular complexity index is 1520. The minimum Gasteiger partial charge on any atom is -0.493 e. The van der Waals surface area contributed by atoms with Crippen molar-refractivity contribution in [3.8, 4) is 5.75 Å². The maximum absolute atomic E-state index is 14.9. The maximum atomic E-state index is 14.9. The highest BCUT2D eigenvalue weighted by Crippen LogP contribution is 2.46. The highest BCUT2D eigenvalue weighted by Gasteiger charge is 2.45. The Balaban J connectivity index is 1.45. The van der Waals surface area contributed by atoms with Crippen LogP contribution in [0.4, 0.5) is 4.79 Å². The lowest BCUT2D eigenvalue weighted by Crippen LogP contribution is -2.52. The first-order chi connectivity index (χ1) is 21.6. The van der Waals surface area contributed by atoms with E-state index in [0.29, 0.717) is 28.5 Å². The fourth-order valence-corrected chi connectivity index (χ4v) is 7.24. The summed E-state index contributed by atoms with van der Waals surface area (Å²) >= 11 is 12.7. The van der Waals surface area contributed by atoms with Crippen LogP contribution < -0.4 is 4.74 Å². The third kappa shape index (κ3) is 6.74. The number of benzene rings is 3. The van der Waals surface area contributed by atoms with Crippen LogP contribution in [0.3, 0.4) is 0 Å². The molecule has 0 radical (unpaired) electrons. The first kappa shape index (κ1) is 31.9. The second kappa shape index (κ2) is 13.4. The second-order valence-electron chi connectivity index (χ2n) is 13.5. The van der Waals surface area contributed by atoms with E-state index in [1.165, 1.54) is 31.5 Å².